The van der Waals surface area contributed by atoms with Crippen LogP contribution in [0.5, 0.6) is 0 Å². The van der Waals surface area contributed by atoms with Crippen LogP contribution in [0, 0.1) is 0 Å². The fourth-order valence-corrected chi connectivity index (χ4v) is 1.82. The molecule has 1 aromatic rings. The maximum atomic E-state index is 5.63. The quantitative estimate of drug-likeness (QED) is 0.774. The van der Waals surface area contributed by atoms with Crippen LogP contribution >= 0.6 is 0 Å². The van der Waals surface area contributed by atoms with Gasteiger partial charge in [-0.25, -0.2) is 4.98 Å². The summed E-state index contributed by atoms with van der Waals surface area (Å²) in [5, 5.41) is 3.50. The summed E-state index contributed by atoms with van der Waals surface area (Å²) in [5.41, 5.74) is 6.78. The van der Waals surface area contributed by atoms with Crippen molar-refractivity contribution in [3.05, 3.63) is 18.3 Å². The lowest BCUT2D eigenvalue weighted by Crippen LogP contribution is -2.40. The maximum Gasteiger partial charge on any atom is 0.125 e. The first-order chi connectivity index (χ1) is 7.18. The molecule has 0 spiro atoms. The lowest BCUT2D eigenvalue weighted by molar-refractivity contribution is 0.0658. The fraction of sp³-hybridized carbons (Fsp3) is 0.545. The van der Waals surface area contributed by atoms with Gasteiger partial charge in [-0.2, -0.15) is 0 Å². The third kappa shape index (κ3) is 2.59. The molecule has 1 aliphatic heterocycles. The van der Waals surface area contributed by atoms with Crippen molar-refractivity contribution in [2.75, 3.05) is 24.3 Å². The van der Waals surface area contributed by atoms with Crippen LogP contribution in [0.1, 0.15) is 19.8 Å². The van der Waals surface area contributed by atoms with Crippen LogP contribution in [-0.2, 0) is 4.74 Å². The molecule has 0 aromatic carbocycles. The molecule has 1 saturated heterocycles. The first-order valence-corrected chi connectivity index (χ1v) is 5.25. The highest BCUT2D eigenvalue weighted by molar-refractivity contribution is 5.51. The van der Waals surface area contributed by atoms with Crippen molar-refractivity contribution >= 4 is 11.5 Å². The summed E-state index contributed by atoms with van der Waals surface area (Å²) in [4.78, 5) is 3.97. The average Bonchev–Trinajstić information content (AvgIpc) is 2.18. The third-order valence-corrected chi connectivity index (χ3v) is 2.82. The molecule has 82 valence electrons. The molecule has 1 fully saturated rings. The van der Waals surface area contributed by atoms with Gasteiger partial charge in [-0.1, -0.05) is 0 Å². The molecular formula is C11H17N3O. The second kappa shape index (κ2) is 4.06. The highest BCUT2D eigenvalue weighted by Crippen LogP contribution is 2.25. The van der Waals surface area contributed by atoms with Gasteiger partial charge in [-0.3, -0.25) is 0 Å². The van der Waals surface area contributed by atoms with Crippen LogP contribution < -0.4 is 11.1 Å². The normalized spacial score (nSPS) is 19.8. The zero-order valence-corrected chi connectivity index (χ0v) is 8.99. The van der Waals surface area contributed by atoms with Gasteiger partial charge in [0.15, 0.2) is 0 Å². The number of pyridine rings is 1. The molecule has 1 aliphatic rings. The SMILES string of the molecule is CC1(Nc2ccnc(N)c2)CCOCC1. The zero-order chi connectivity index (χ0) is 10.7. The van der Waals surface area contributed by atoms with Crippen LogP contribution in [0.2, 0.25) is 0 Å². The summed E-state index contributed by atoms with van der Waals surface area (Å²) in [7, 11) is 0. The number of rotatable bonds is 2. The summed E-state index contributed by atoms with van der Waals surface area (Å²) in [6.07, 6.45) is 3.77. The molecule has 0 radical (unpaired) electrons. The second-order valence-corrected chi connectivity index (χ2v) is 4.27. The van der Waals surface area contributed by atoms with Gasteiger partial charge in [0, 0.05) is 36.7 Å². The van der Waals surface area contributed by atoms with E-state index in [0.29, 0.717) is 5.82 Å². The van der Waals surface area contributed by atoms with E-state index >= 15 is 0 Å². The number of nitrogen functional groups attached to an aromatic ring is 1. The Bertz CT molecular complexity index is 334. The van der Waals surface area contributed by atoms with E-state index in [1.807, 2.05) is 12.1 Å². The van der Waals surface area contributed by atoms with Crippen LogP contribution in [-0.4, -0.2) is 23.7 Å². The van der Waals surface area contributed by atoms with E-state index in [0.717, 1.165) is 31.7 Å². The number of ether oxygens (including phenoxy) is 1. The first kappa shape index (κ1) is 10.2. The molecule has 3 N–H and O–H groups in total. The summed E-state index contributed by atoms with van der Waals surface area (Å²) in [5.74, 6) is 0.552. The maximum absolute atomic E-state index is 5.63. The third-order valence-electron chi connectivity index (χ3n) is 2.82. The van der Waals surface area contributed by atoms with Gasteiger partial charge in [-0.15, -0.1) is 0 Å². The number of aromatic nitrogens is 1. The monoisotopic (exact) mass is 207 g/mol. The van der Waals surface area contributed by atoms with E-state index in [9.17, 15) is 0 Å². The largest absolute Gasteiger partial charge is 0.384 e. The standard InChI is InChI=1S/C11H17N3O/c1-11(3-6-15-7-4-11)14-9-2-5-13-10(12)8-9/h2,5,8H,3-4,6-7H2,1H3,(H3,12,13,14). The molecule has 0 unspecified atom stereocenters. The topological polar surface area (TPSA) is 60.2 Å². The predicted octanol–water partition coefficient (Wildman–Crippen LogP) is 1.64. The number of nitrogens with two attached hydrogens (primary N) is 1. The lowest BCUT2D eigenvalue weighted by Gasteiger charge is -2.35. The van der Waals surface area contributed by atoms with E-state index in [-0.39, 0.29) is 5.54 Å². The number of anilines is 2. The van der Waals surface area contributed by atoms with E-state index in [1.165, 1.54) is 0 Å². The predicted molar refractivity (Wildman–Crippen MR) is 60.7 cm³/mol. The molecule has 0 bridgehead atoms. The Balaban J connectivity index is 2.06. The van der Waals surface area contributed by atoms with Crippen LogP contribution in [0.25, 0.3) is 0 Å². The van der Waals surface area contributed by atoms with Crippen molar-refractivity contribution in [3.8, 4) is 0 Å². The minimum absolute atomic E-state index is 0.117. The molecule has 15 heavy (non-hydrogen) atoms. The number of nitrogens with one attached hydrogen (secondary N) is 1. The van der Waals surface area contributed by atoms with E-state index < -0.39 is 0 Å². The Hall–Kier alpha value is -1.29. The van der Waals surface area contributed by atoms with Gasteiger partial charge in [0.05, 0.1) is 0 Å². The average molecular weight is 207 g/mol. The van der Waals surface area contributed by atoms with Gasteiger partial charge in [0.25, 0.3) is 0 Å². The zero-order valence-electron chi connectivity index (χ0n) is 8.99. The summed E-state index contributed by atoms with van der Waals surface area (Å²) in [6, 6.07) is 3.80. The molecule has 4 heteroatoms. The van der Waals surface area contributed by atoms with Gasteiger partial charge in [-0.05, 0) is 25.8 Å². The molecule has 0 aliphatic carbocycles. The summed E-state index contributed by atoms with van der Waals surface area (Å²) < 4.78 is 5.35. The van der Waals surface area contributed by atoms with E-state index in [2.05, 4.69) is 17.2 Å². The first-order valence-electron chi connectivity index (χ1n) is 5.25. The molecule has 2 heterocycles. The Morgan fingerprint density at radius 3 is 2.87 bits per heavy atom. The van der Waals surface area contributed by atoms with Gasteiger partial charge >= 0.3 is 0 Å². The highest BCUT2D eigenvalue weighted by atomic mass is 16.5. The Kier molecular flexibility index (Phi) is 2.77. The smallest absolute Gasteiger partial charge is 0.125 e. The Labute approximate surface area is 89.8 Å². The van der Waals surface area contributed by atoms with Crippen molar-refractivity contribution in [2.45, 2.75) is 25.3 Å². The molecule has 0 atom stereocenters. The summed E-state index contributed by atoms with van der Waals surface area (Å²) >= 11 is 0. The molecule has 4 nitrogen and oxygen atoms in total. The number of hydrogen-bond donors (Lipinski definition) is 2. The van der Waals surface area contributed by atoms with Crippen molar-refractivity contribution in [3.63, 3.8) is 0 Å². The van der Waals surface area contributed by atoms with Crippen LogP contribution in [0.15, 0.2) is 18.3 Å². The molecule has 2 rings (SSSR count). The van der Waals surface area contributed by atoms with E-state index in [4.69, 9.17) is 10.5 Å². The molecule has 0 amide bonds. The molecule has 0 saturated carbocycles. The van der Waals surface area contributed by atoms with Crippen LogP contribution in [0.4, 0.5) is 11.5 Å². The Morgan fingerprint density at radius 1 is 1.47 bits per heavy atom. The number of hydrogen-bond acceptors (Lipinski definition) is 4. The highest BCUT2D eigenvalue weighted by Gasteiger charge is 2.26. The Morgan fingerprint density at radius 2 is 2.20 bits per heavy atom. The van der Waals surface area contributed by atoms with Gasteiger partial charge in [0.2, 0.25) is 0 Å². The minimum atomic E-state index is 0.117. The lowest BCUT2D eigenvalue weighted by atomic mass is 9.92. The van der Waals surface area contributed by atoms with Crippen molar-refractivity contribution in [2.24, 2.45) is 0 Å². The molecule has 1 aromatic heterocycles. The van der Waals surface area contributed by atoms with E-state index in [1.54, 1.807) is 6.20 Å². The van der Waals surface area contributed by atoms with Gasteiger partial charge in [0.1, 0.15) is 5.82 Å². The molecular weight excluding hydrogens is 190 g/mol. The number of nitrogens with zero attached hydrogens (tertiary/aromatic N) is 1. The second-order valence-electron chi connectivity index (χ2n) is 4.27. The van der Waals surface area contributed by atoms with Crippen molar-refractivity contribution < 1.29 is 4.74 Å². The van der Waals surface area contributed by atoms with Crippen molar-refractivity contribution in [1.29, 1.82) is 0 Å². The summed E-state index contributed by atoms with van der Waals surface area (Å²) in [6.45, 7) is 3.86. The minimum Gasteiger partial charge on any atom is -0.384 e. The fourth-order valence-electron chi connectivity index (χ4n) is 1.82. The van der Waals surface area contributed by atoms with Crippen LogP contribution in [0.3, 0.4) is 0 Å². The van der Waals surface area contributed by atoms with Gasteiger partial charge < -0.3 is 15.8 Å². The van der Waals surface area contributed by atoms with Crippen molar-refractivity contribution in [1.82, 2.24) is 4.98 Å².